The van der Waals surface area contributed by atoms with Crippen LogP contribution in [0.4, 0.5) is 0 Å². The minimum absolute atomic E-state index is 0.328. The zero-order valence-corrected chi connectivity index (χ0v) is 12.0. The van der Waals surface area contributed by atoms with E-state index in [1.807, 2.05) is 12.1 Å². The fourth-order valence-electron chi connectivity index (χ4n) is 1.86. The Labute approximate surface area is 121 Å². The van der Waals surface area contributed by atoms with Crippen molar-refractivity contribution < 1.29 is 4.42 Å². The van der Waals surface area contributed by atoms with Gasteiger partial charge in [-0.2, -0.15) is 0 Å². The molecule has 0 N–H and O–H groups in total. The van der Waals surface area contributed by atoms with Gasteiger partial charge in [-0.25, -0.2) is 9.78 Å². The maximum Gasteiger partial charge on any atom is 0.421 e. The zero-order valence-electron chi connectivity index (χ0n) is 9.64. The van der Waals surface area contributed by atoms with Crippen LogP contribution >= 0.6 is 27.5 Å². The number of aromatic nitrogens is 2. The highest BCUT2D eigenvalue weighted by Gasteiger charge is 2.11. The Morgan fingerprint density at radius 1 is 1.37 bits per heavy atom. The van der Waals surface area contributed by atoms with Crippen molar-refractivity contribution in [3.63, 3.8) is 0 Å². The van der Waals surface area contributed by atoms with E-state index in [9.17, 15) is 4.79 Å². The molecule has 3 rings (SSSR count). The van der Waals surface area contributed by atoms with Crippen LogP contribution in [0.25, 0.3) is 11.2 Å². The highest BCUT2D eigenvalue weighted by Crippen LogP contribution is 2.22. The predicted octanol–water partition coefficient (Wildman–Crippen LogP) is 3.45. The van der Waals surface area contributed by atoms with Gasteiger partial charge in [0.15, 0.2) is 11.2 Å². The Morgan fingerprint density at radius 2 is 2.21 bits per heavy atom. The fourth-order valence-corrected chi connectivity index (χ4v) is 2.59. The number of benzene rings is 1. The van der Waals surface area contributed by atoms with Gasteiger partial charge in [0.25, 0.3) is 0 Å². The number of fused-ring (bicyclic) bond motifs is 1. The average Bonchev–Trinajstić information content (AvgIpc) is 2.69. The second kappa shape index (κ2) is 4.83. The molecule has 0 aliphatic carbocycles. The van der Waals surface area contributed by atoms with Gasteiger partial charge in [-0.15, -0.1) is 0 Å². The van der Waals surface area contributed by atoms with E-state index in [4.69, 9.17) is 16.0 Å². The molecule has 0 unspecified atom stereocenters. The molecule has 0 bridgehead atoms. The minimum atomic E-state index is -0.437. The second-order valence-electron chi connectivity index (χ2n) is 4.01. The molecule has 96 valence electrons. The van der Waals surface area contributed by atoms with Crippen LogP contribution in [0.2, 0.25) is 5.02 Å². The van der Waals surface area contributed by atoms with Crippen LogP contribution in [-0.4, -0.2) is 9.55 Å². The van der Waals surface area contributed by atoms with Crippen molar-refractivity contribution in [2.75, 3.05) is 0 Å². The van der Waals surface area contributed by atoms with Crippen LogP contribution < -0.4 is 5.76 Å². The largest absolute Gasteiger partial charge is 0.421 e. The van der Waals surface area contributed by atoms with Crippen molar-refractivity contribution in [1.82, 2.24) is 9.55 Å². The third-order valence-corrected chi connectivity index (χ3v) is 3.61. The number of rotatable bonds is 2. The molecule has 2 heterocycles. The van der Waals surface area contributed by atoms with Gasteiger partial charge < -0.3 is 4.42 Å². The second-order valence-corrected chi connectivity index (χ2v) is 5.34. The molecule has 4 nitrogen and oxygen atoms in total. The maximum atomic E-state index is 11.8. The Bertz CT molecular complexity index is 810. The summed E-state index contributed by atoms with van der Waals surface area (Å²) in [7, 11) is 0. The van der Waals surface area contributed by atoms with Gasteiger partial charge >= 0.3 is 5.76 Å². The molecule has 0 saturated carbocycles. The summed E-state index contributed by atoms with van der Waals surface area (Å²) in [6, 6.07) is 8.96. The normalized spacial score (nSPS) is 11.1. The maximum absolute atomic E-state index is 11.8. The van der Waals surface area contributed by atoms with E-state index >= 15 is 0 Å². The molecule has 0 radical (unpaired) electrons. The first kappa shape index (κ1) is 12.4. The van der Waals surface area contributed by atoms with E-state index in [0.29, 0.717) is 22.8 Å². The molecule has 3 aromatic rings. The van der Waals surface area contributed by atoms with Crippen LogP contribution in [0.3, 0.4) is 0 Å². The van der Waals surface area contributed by atoms with Gasteiger partial charge in [0.1, 0.15) is 0 Å². The first-order valence-corrected chi connectivity index (χ1v) is 6.70. The van der Waals surface area contributed by atoms with Crippen molar-refractivity contribution in [2.24, 2.45) is 0 Å². The predicted molar refractivity (Wildman–Crippen MR) is 76.5 cm³/mol. The van der Waals surface area contributed by atoms with E-state index in [2.05, 4.69) is 20.9 Å². The van der Waals surface area contributed by atoms with Crippen molar-refractivity contribution in [1.29, 1.82) is 0 Å². The highest BCUT2D eigenvalue weighted by atomic mass is 79.9. The minimum Gasteiger partial charge on any atom is -0.406 e. The van der Waals surface area contributed by atoms with E-state index in [1.165, 1.54) is 4.57 Å². The van der Waals surface area contributed by atoms with Crippen molar-refractivity contribution in [2.45, 2.75) is 6.54 Å². The topological polar surface area (TPSA) is 48.0 Å². The number of hydrogen-bond donors (Lipinski definition) is 0. The van der Waals surface area contributed by atoms with Crippen LogP contribution in [0.15, 0.2) is 50.2 Å². The molecule has 0 saturated heterocycles. The van der Waals surface area contributed by atoms with Crippen molar-refractivity contribution >= 4 is 38.8 Å². The summed E-state index contributed by atoms with van der Waals surface area (Å²) in [5, 5.41) is 0.589. The molecular formula is C13H8BrClN2O2. The van der Waals surface area contributed by atoms with Crippen LogP contribution in [0.5, 0.6) is 0 Å². The first-order chi connectivity index (χ1) is 9.15. The van der Waals surface area contributed by atoms with Crippen LogP contribution in [0, 0.1) is 0 Å². The standard InChI is InChI=1S/C13H8BrClN2O2/c14-9-4-3-8(10(15)6-9)7-17-12-11(19-13(17)18)2-1-5-16-12/h1-6H,7H2. The highest BCUT2D eigenvalue weighted by molar-refractivity contribution is 9.10. The first-order valence-electron chi connectivity index (χ1n) is 5.53. The van der Waals surface area contributed by atoms with Crippen molar-refractivity contribution in [3.8, 4) is 0 Å². The number of pyridine rings is 1. The lowest BCUT2D eigenvalue weighted by Gasteiger charge is -2.05. The van der Waals surface area contributed by atoms with E-state index in [0.717, 1.165) is 10.0 Å². The molecule has 6 heteroatoms. The Hall–Kier alpha value is -1.59. The number of halogens is 2. The lowest BCUT2D eigenvalue weighted by Crippen LogP contribution is -2.15. The van der Waals surface area contributed by atoms with Gasteiger partial charge in [-0.1, -0.05) is 33.6 Å². The number of hydrogen-bond acceptors (Lipinski definition) is 3. The summed E-state index contributed by atoms with van der Waals surface area (Å²) in [5.41, 5.74) is 1.83. The van der Waals surface area contributed by atoms with E-state index in [-0.39, 0.29) is 0 Å². The van der Waals surface area contributed by atoms with E-state index < -0.39 is 5.76 Å². The summed E-state index contributed by atoms with van der Waals surface area (Å²) >= 11 is 9.50. The summed E-state index contributed by atoms with van der Waals surface area (Å²) in [5.74, 6) is -0.437. The van der Waals surface area contributed by atoms with Crippen LogP contribution in [-0.2, 0) is 6.54 Å². The fraction of sp³-hybridized carbons (Fsp3) is 0.0769. The van der Waals surface area contributed by atoms with Crippen LogP contribution in [0.1, 0.15) is 5.56 Å². The van der Waals surface area contributed by atoms with Gasteiger partial charge in [0.05, 0.1) is 6.54 Å². The Balaban J connectivity index is 2.10. The molecule has 0 spiro atoms. The number of nitrogens with zero attached hydrogens (tertiary/aromatic N) is 2. The van der Waals surface area contributed by atoms with Gasteiger partial charge in [0.2, 0.25) is 0 Å². The lowest BCUT2D eigenvalue weighted by atomic mass is 10.2. The number of oxazole rings is 1. The molecule has 1 aromatic carbocycles. The van der Waals surface area contributed by atoms with Gasteiger partial charge in [0, 0.05) is 15.7 Å². The molecular weight excluding hydrogens is 332 g/mol. The summed E-state index contributed by atoms with van der Waals surface area (Å²) in [4.78, 5) is 16.0. The Kier molecular flexibility index (Phi) is 3.16. The molecule has 0 amide bonds. The molecule has 0 aliphatic heterocycles. The average molecular weight is 340 g/mol. The third-order valence-electron chi connectivity index (χ3n) is 2.77. The summed E-state index contributed by atoms with van der Waals surface area (Å²) in [6.07, 6.45) is 1.62. The summed E-state index contributed by atoms with van der Waals surface area (Å²) < 4.78 is 7.48. The van der Waals surface area contributed by atoms with Gasteiger partial charge in [-0.05, 0) is 29.8 Å². The molecule has 0 fully saturated rings. The lowest BCUT2D eigenvalue weighted by molar-refractivity contribution is 0.517. The van der Waals surface area contributed by atoms with Crippen molar-refractivity contribution in [3.05, 3.63) is 62.1 Å². The monoisotopic (exact) mass is 338 g/mol. The van der Waals surface area contributed by atoms with Gasteiger partial charge in [-0.3, -0.25) is 4.57 Å². The molecule has 2 aromatic heterocycles. The molecule has 0 aliphatic rings. The molecule has 0 atom stereocenters. The zero-order chi connectivity index (χ0) is 13.4. The third kappa shape index (κ3) is 2.31. The summed E-state index contributed by atoms with van der Waals surface area (Å²) in [6.45, 7) is 0.328. The smallest absolute Gasteiger partial charge is 0.406 e. The van der Waals surface area contributed by atoms with E-state index in [1.54, 1.807) is 24.4 Å². The molecule has 19 heavy (non-hydrogen) atoms. The quantitative estimate of drug-likeness (QED) is 0.718. The Morgan fingerprint density at radius 3 is 3.00 bits per heavy atom. The SMILES string of the molecule is O=c1oc2cccnc2n1Cc1ccc(Br)cc1Cl.